The van der Waals surface area contributed by atoms with Gasteiger partial charge in [-0.05, 0) is 60.8 Å². The number of carbonyl (C=O) groups is 1. The number of nitrogens with one attached hydrogen (secondary N) is 3. The van der Waals surface area contributed by atoms with Crippen LogP contribution in [0.25, 0.3) is 22.0 Å². The largest absolute Gasteiger partial charge is 0.417 e. The van der Waals surface area contributed by atoms with Crippen LogP contribution in [-0.2, 0) is 11.0 Å². The van der Waals surface area contributed by atoms with Crippen LogP contribution < -0.4 is 10.6 Å². The van der Waals surface area contributed by atoms with Crippen molar-refractivity contribution in [3.05, 3.63) is 47.8 Å². The molecule has 30 heavy (non-hydrogen) atoms. The first-order valence-electron chi connectivity index (χ1n) is 9.20. The van der Waals surface area contributed by atoms with Crippen molar-refractivity contribution in [1.82, 2.24) is 15.5 Å². The maximum atomic E-state index is 13.7. The molecule has 4 rings (SSSR count). The van der Waals surface area contributed by atoms with Crippen molar-refractivity contribution in [2.75, 3.05) is 18.4 Å². The van der Waals surface area contributed by atoms with Gasteiger partial charge in [-0.3, -0.25) is 9.89 Å². The van der Waals surface area contributed by atoms with Crippen molar-refractivity contribution < 1.29 is 22.4 Å². The number of benzene rings is 2. The first-order valence-corrected chi connectivity index (χ1v) is 9.20. The van der Waals surface area contributed by atoms with Gasteiger partial charge in [-0.2, -0.15) is 18.3 Å². The Hall–Kier alpha value is -2.65. The van der Waals surface area contributed by atoms with E-state index in [-0.39, 0.29) is 41.2 Å². The number of amides is 1. The van der Waals surface area contributed by atoms with E-state index in [1.54, 1.807) is 6.07 Å². The monoisotopic (exact) mass is 442 g/mol. The number of fused-ring (bicyclic) bond motifs is 1. The van der Waals surface area contributed by atoms with Crippen molar-refractivity contribution in [3.8, 4) is 11.1 Å². The summed E-state index contributed by atoms with van der Waals surface area (Å²) in [4.78, 5) is 12.5. The molecule has 160 valence electrons. The Morgan fingerprint density at radius 2 is 1.97 bits per heavy atom. The lowest BCUT2D eigenvalue weighted by atomic mass is 9.97. The van der Waals surface area contributed by atoms with Crippen LogP contribution in [0.4, 0.5) is 23.4 Å². The van der Waals surface area contributed by atoms with Crippen LogP contribution in [0.15, 0.2) is 36.4 Å². The van der Waals surface area contributed by atoms with Crippen molar-refractivity contribution in [1.29, 1.82) is 0 Å². The smallest absolute Gasteiger partial charge is 0.316 e. The van der Waals surface area contributed by atoms with E-state index in [2.05, 4.69) is 20.8 Å². The molecule has 1 aromatic heterocycles. The quantitative estimate of drug-likeness (QED) is 0.513. The average Bonchev–Trinajstić information content (AvgIpc) is 3.09. The van der Waals surface area contributed by atoms with Crippen LogP contribution in [0.3, 0.4) is 0 Å². The lowest BCUT2D eigenvalue weighted by Gasteiger charge is -2.21. The highest BCUT2D eigenvalue weighted by molar-refractivity contribution is 6.01. The molecule has 1 aliphatic heterocycles. The molecule has 3 aromatic rings. The van der Waals surface area contributed by atoms with Gasteiger partial charge in [-0.25, -0.2) is 4.39 Å². The molecule has 3 N–H and O–H groups in total. The SMILES string of the molecule is Cl.O=C(Nc1n[nH]c2ccc(-c3cc(F)ccc3C(F)(F)F)cc12)[C@@H]1CCCNC1. The number of anilines is 1. The zero-order valence-electron chi connectivity index (χ0n) is 15.6. The first-order chi connectivity index (χ1) is 13.8. The lowest BCUT2D eigenvalue weighted by Crippen LogP contribution is -2.37. The van der Waals surface area contributed by atoms with E-state index < -0.39 is 17.6 Å². The van der Waals surface area contributed by atoms with Gasteiger partial charge in [0.25, 0.3) is 0 Å². The summed E-state index contributed by atoms with van der Waals surface area (Å²) in [5, 5.41) is 13.2. The van der Waals surface area contributed by atoms with Gasteiger partial charge in [0.1, 0.15) is 5.82 Å². The fourth-order valence-corrected chi connectivity index (χ4v) is 3.57. The number of aromatic nitrogens is 2. The summed E-state index contributed by atoms with van der Waals surface area (Å²) >= 11 is 0. The predicted octanol–water partition coefficient (Wildman–Crippen LogP) is 4.75. The van der Waals surface area contributed by atoms with E-state index >= 15 is 0 Å². The van der Waals surface area contributed by atoms with Gasteiger partial charge in [-0.15, -0.1) is 12.4 Å². The summed E-state index contributed by atoms with van der Waals surface area (Å²) in [5.74, 6) is -0.919. The van der Waals surface area contributed by atoms with Crippen LogP contribution in [0.2, 0.25) is 0 Å². The topological polar surface area (TPSA) is 69.8 Å². The van der Waals surface area contributed by atoms with E-state index in [4.69, 9.17) is 0 Å². The molecule has 1 fully saturated rings. The van der Waals surface area contributed by atoms with Crippen LogP contribution in [0, 0.1) is 11.7 Å². The Morgan fingerprint density at radius 1 is 1.17 bits per heavy atom. The summed E-state index contributed by atoms with van der Waals surface area (Å²) in [6, 6.07) is 6.85. The van der Waals surface area contributed by atoms with Crippen molar-refractivity contribution >= 4 is 35.0 Å². The number of halogens is 5. The zero-order chi connectivity index (χ0) is 20.6. The number of nitrogens with zero attached hydrogens (tertiary/aromatic N) is 1. The third-order valence-corrected chi connectivity index (χ3v) is 5.07. The number of carbonyl (C=O) groups excluding carboxylic acids is 1. The number of piperidine rings is 1. The van der Waals surface area contributed by atoms with E-state index in [1.807, 2.05) is 0 Å². The third kappa shape index (κ3) is 4.41. The van der Waals surface area contributed by atoms with E-state index in [1.165, 1.54) is 12.1 Å². The molecule has 10 heteroatoms. The summed E-state index contributed by atoms with van der Waals surface area (Å²) in [6.07, 6.45) is -2.98. The second kappa shape index (κ2) is 8.61. The molecule has 0 spiro atoms. The highest BCUT2D eigenvalue weighted by atomic mass is 35.5. The van der Waals surface area contributed by atoms with Gasteiger partial charge in [-0.1, -0.05) is 6.07 Å². The number of hydrogen-bond acceptors (Lipinski definition) is 3. The van der Waals surface area contributed by atoms with Gasteiger partial charge in [0.05, 0.1) is 17.0 Å². The molecule has 1 aliphatic rings. The second-order valence-electron chi connectivity index (χ2n) is 7.05. The fraction of sp³-hybridized carbons (Fsp3) is 0.300. The molecule has 0 bridgehead atoms. The molecule has 1 atom stereocenters. The predicted molar refractivity (Wildman–Crippen MR) is 108 cm³/mol. The Balaban J connectivity index is 0.00000256. The Kier molecular flexibility index (Phi) is 6.33. The second-order valence-corrected chi connectivity index (χ2v) is 7.05. The van der Waals surface area contributed by atoms with E-state index in [0.717, 1.165) is 37.6 Å². The molecular weight excluding hydrogens is 424 g/mol. The highest BCUT2D eigenvalue weighted by Gasteiger charge is 2.34. The van der Waals surface area contributed by atoms with Gasteiger partial charge in [0.2, 0.25) is 5.91 Å². The third-order valence-electron chi connectivity index (χ3n) is 5.07. The molecule has 0 saturated carbocycles. The summed E-state index contributed by atoms with van der Waals surface area (Å²) < 4.78 is 53.8. The van der Waals surface area contributed by atoms with E-state index in [9.17, 15) is 22.4 Å². The summed E-state index contributed by atoms with van der Waals surface area (Å²) in [7, 11) is 0. The molecule has 1 amide bonds. The van der Waals surface area contributed by atoms with Crippen molar-refractivity contribution in [2.24, 2.45) is 5.92 Å². The summed E-state index contributed by atoms with van der Waals surface area (Å²) in [5.41, 5.74) is -0.466. The molecule has 0 radical (unpaired) electrons. The molecule has 2 heterocycles. The van der Waals surface area contributed by atoms with Crippen LogP contribution in [0.1, 0.15) is 18.4 Å². The Morgan fingerprint density at radius 3 is 2.67 bits per heavy atom. The van der Waals surface area contributed by atoms with Gasteiger partial charge in [0, 0.05) is 11.9 Å². The molecular formula is C20H19ClF4N4O. The Labute approximate surface area is 175 Å². The van der Waals surface area contributed by atoms with E-state index in [0.29, 0.717) is 17.4 Å². The standard InChI is InChI=1S/C20H18F4N4O.ClH/c21-13-4-5-16(20(22,23)24)14(9-13)11-3-6-17-15(8-11)18(28-27-17)26-19(29)12-2-1-7-25-10-12;/h3-6,8-9,12,25H,1-2,7,10H2,(H2,26,27,28,29);1H/t12-;/m1./s1. The molecule has 5 nitrogen and oxygen atoms in total. The fourth-order valence-electron chi connectivity index (χ4n) is 3.57. The lowest BCUT2D eigenvalue weighted by molar-refractivity contribution is -0.137. The Bertz CT molecular complexity index is 1060. The zero-order valence-corrected chi connectivity index (χ0v) is 16.5. The highest BCUT2D eigenvalue weighted by Crippen LogP contribution is 2.38. The maximum Gasteiger partial charge on any atom is 0.417 e. The normalized spacial score (nSPS) is 16.9. The minimum Gasteiger partial charge on any atom is -0.316 e. The molecule has 2 aromatic carbocycles. The molecule has 0 unspecified atom stereocenters. The van der Waals surface area contributed by atoms with Crippen molar-refractivity contribution in [2.45, 2.75) is 19.0 Å². The number of hydrogen-bond donors (Lipinski definition) is 3. The van der Waals surface area contributed by atoms with Crippen LogP contribution in [0.5, 0.6) is 0 Å². The minimum atomic E-state index is -4.63. The first kappa shape index (κ1) is 22.0. The minimum absolute atomic E-state index is 0. The number of rotatable bonds is 3. The van der Waals surface area contributed by atoms with Crippen molar-refractivity contribution in [3.63, 3.8) is 0 Å². The molecule has 1 saturated heterocycles. The van der Waals surface area contributed by atoms with Crippen LogP contribution in [-0.4, -0.2) is 29.2 Å². The van der Waals surface area contributed by atoms with Gasteiger partial charge >= 0.3 is 6.18 Å². The molecule has 0 aliphatic carbocycles. The number of aromatic amines is 1. The van der Waals surface area contributed by atoms with Gasteiger partial charge < -0.3 is 10.6 Å². The van der Waals surface area contributed by atoms with Gasteiger partial charge in [0.15, 0.2) is 5.82 Å². The summed E-state index contributed by atoms with van der Waals surface area (Å²) in [6.45, 7) is 1.44. The number of alkyl halides is 3. The van der Waals surface area contributed by atoms with Crippen LogP contribution >= 0.6 is 12.4 Å². The average molecular weight is 443 g/mol. The number of H-pyrrole nitrogens is 1. The maximum absolute atomic E-state index is 13.7.